The van der Waals surface area contributed by atoms with E-state index in [9.17, 15) is 9.59 Å². The predicted molar refractivity (Wildman–Crippen MR) is 80.6 cm³/mol. The molecule has 0 aliphatic heterocycles. The highest BCUT2D eigenvalue weighted by molar-refractivity contribution is 7.13. The van der Waals surface area contributed by atoms with Crippen molar-refractivity contribution in [1.82, 2.24) is 9.99 Å². The number of nitrogens with one attached hydrogen (secondary N) is 1. The third-order valence-electron chi connectivity index (χ3n) is 3.06. The number of hydrogen-bond acceptors (Lipinski definition) is 4. The quantitative estimate of drug-likeness (QED) is 0.502. The Morgan fingerprint density at radius 1 is 1.40 bits per heavy atom. The summed E-state index contributed by atoms with van der Waals surface area (Å²) in [5.74, 6) is 4.55. The molecule has 0 spiro atoms. The van der Waals surface area contributed by atoms with Gasteiger partial charge in [-0.05, 0) is 30.0 Å². The van der Waals surface area contributed by atoms with Gasteiger partial charge in [0, 0.05) is 6.54 Å². The fourth-order valence-electron chi connectivity index (χ4n) is 2.01. The van der Waals surface area contributed by atoms with Crippen molar-refractivity contribution in [1.29, 1.82) is 0 Å². The number of pyridine rings is 1. The van der Waals surface area contributed by atoms with Crippen molar-refractivity contribution in [2.24, 2.45) is 5.84 Å². The van der Waals surface area contributed by atoms with Crippen LogP contribution in [0.25, 0.3) is 10.6 Å². The minimum absolute atomic E-state index is 0.0731. The smallest absolute Gasteiger partial charge is 0.270 e. The first-order valence-corrected chi connectivity index (χ1v) is 7.35. The number of aromatic nitrogens is 1. The second kappa shape index (κ2) is 6.49. The molecule has 2 heterocycles. The Morgan fingerprint density at radius 2 is 2.20 bits per heavy atom. The summed E-state index contributed by atoms with van der Waals surface area (Å²) in [5.41, 5.74) is 2.62. The van der Waals surface area contributed by atoms with Gasteiger partial charge in [-0.2, -0.15) is 0 Å². The lowest BCUT2D eigenvalue weighted by molar-refractivity contribution is 0.0951. The maximum Gasteiger partial charge on any atom is 0.270 e. The number of amides is 1. The third kappa shape index (κ3) is 2.81. The average Bonchev–Trinajstić information content (AvgIpc) is 2.99. The molecule has 0 aromatic carbocycles. The van der Waals surface area contributed by atoms with Gasteiger partial charge in [0.1, 0.15) is 5.56 Å². The van der Waals surface area contributed by atoms with E-state index in [4.69, 9.17) is 5.84 Å². The van der Waals surface area contributed by atoms with Crippen LogP contribution in [-0.4, -0.2) is 10.5 Å². The zero-order valence-electron chi connectivity index (χ0n) is 11.3. The van der Waals surface area contributed by atoms with Crippen LogP contribution in [0, 0.1) is 0 Å². The minimum Gasteiger partial charge on any atom is -0.307 e. The molecule has 106 valence electrons. The summed E-state index contributed by atoms with van der Waals surface area (Å²) < 4.78 is 1.65. The molecule has 2 aromatic heterocycles. The molecule has 20 heavy (non-hydrogen) atoms. The largest absolute Gasteiger partial charge is 0.307 e. The van der Waals surface area contributed by atoms with Crippen LogP contribution < -0.4 is 16.8 Å². The maximum absolute atomic E-state index is 12.4. The highest BCUT2D eigenvalue weighted by atomic mass is 32.1. The topological polar surface area (TPSA) is 77.1 Å². The van der Waals surface area contributed by atoms with Crippen LogP contribution in [0.2, 0.25) is 0 Å². The molecule has 0 aliphatic rings. The van der Waals surface area contributed by atoms with Gasteiger partial charge >= 0.3 is 0 Å². The number of hydrazine groups is 1. The van der Waals surface area contributed by atoms with Crippen LogP contribution in [0.3, 0.4) is 0 Å². The fourth-order valence-corrected chi connectivity index (χ4v) is 2.77. The molecular weight excluding hydrogens is 274 g/mol. The van der Waals surface area contributed by atoms with Crippen LogP contribution in [0.4, 0.5) is 0 Å². The Hall–Kier alpha value is -1.92. The Bertz CT molecular complexity index is 647. The number of nitrogens with two attached hydrogens (primary N) is 1. The van der Waals surface area contributed by atoms with E-state index in [0.717, 1.165) is 23.4 Å². The molecule has 0 aliphatic carbocycles. The zero-order valence-corrected chi connectivity index (χ0v) is 12.1. The first-order valence-electron chi connectivity index (χ1n) is 6.47. The first-order chi connectivity index (χ1) is 9.69. The maximum atomic E-state index is 12.4. The second-order valence-corrected chi connectivity index (χ2v) is 5.34. The zero-order chi connectivity index (χ0) is 14.5. The van der Waals surface area contributed by atoms with Gasteiger partial charge in [0.15, 0.2) is 0 Å². The number of carbonyl (C=O) groups is 1. The van der Waals surface area contributed by atoms with Gasteiger partial charge in [-0.15, -0.1) is 11.3 Å². The Morgan fingerprint density at radius 3 is 2.80 bits per heavy atom. The van der Waals surface area contributed by atoms with E-state index in [2.05, 4.69) is 6.92 Å². The molecule has 0 radical (unpaired) electrons. The standard InChI is InChI=1S/C14H17N3O2S/c1-2-3-8-17-11(12-5-4-9-20-12)7-6-10(14(17)19)13(18)16-15/h4-7,9H,2-3,8,15H2,1H3,(H,16,18). The molecule has 1 amide bonds. The van der Waals surface area contributed by atoms with Gasteiger partial charge in [-0.1, -0.05) is 19.4 Å². The molecular formula is C14H17N3O2S. The molecule has 3 N–H and O–H groups in total. The number of hydrogen-bond donors (Lipinski definition) is 2. The number of nitrogen functional groups attached to an aromatic ring is 1. The summed E-state index contributed by atoms with van der Waals surface area (Å²) >= 11 is 1.57. The van der Waals surface area contributed by atoms with Crippen molar-refractivity contribution < 1.29 is 4.79 Å². The van der Waals surface area contributed by atoms with Crippen LogP contribution in [0.15, 0.2) is 34.4 Å². The fraction of sp³-hybridized carbons (Fsp3) is 0.286. The summed E-state index contributed by atoms with van der Waals surface area (Å²) in [5, 5.41) is 1.96. The summed E-state index contributed by atoms with van der Waals surface area (Å²) in [6.07, 6.45) is 1.86. The van der Waals surface area contributed by atoms with E-state index in [-0.39, 0.29) is 11.1 Å². The van der Waals surface area contributed by atoms with Gasteiger partial charge in [0.05, 0.1) is 10.6 Å². The molecule has 5 nitrogen and oxygen atoms in total. The molecule has 2 rings (SSSR count). The lowest BCUT2D eigenvalue weighted by Crippen LogP contribution is -2.36. The van der Waals surface area contributed by atoms with E-state index in [1.165, 1.54) is 6.07 Å². The number of rotatable bonds is 5. The van der Waals surface area contributed by atoms with E-state index in [1.54, 1.807) is 22.0 Å². The summed E-state index contributed by atoms with van der Waals surface area (Å²) in [4.78, 5) is 25.1. The van der Waals surface area contributed by atoms with Crippen molar-refractivity contribution in [3.63, 3.8) is 0 Å². The molecule has 6 heteroatoms. The normalized spacial score (nSPS) is 10.5. The van der Waals surface area contributed by atoms with Crippen molar-refractivity contribution in [3.05, 3.63) is 45.6 Å². The van der Waals surface area contributed by atoms with Crippen molar-refractivity contribution in [3.8, 4) is 10.6 Å². The molecule has 0 atom stereocenters. The molecule has 0 fully saturated rings. The number of carbonyl (C=O) groups excluding carboxylic acids is 1. The minimum atomic E-state index is -0.557. The van der Waals surface area contributed by atoms with Gasteiger partial charge in [-0.25, -0.2) is 5.84 Å². The predicted octanol–water partition coefficient (Wildman–Crippen LogP) is 1.98. The Kier molecular flexibility index (Phi) is 4.70. The van der Waals surface area contributed by atoms with Gasteiger partial charge in [-0.3, -0.25) is 15.0 Å². The lowest BCUT2D eigenvalue weighted by Gasteiger charge is -2.13. The first kappa shape index (κ1) is 14.5. The summed E-state index contributed by atoms with van der Waals surface area (Å²) in [7, 11) is 0. The van der Waals surface area contributed by atoms with Crippen LogP contribution in [0.5, 0.6) is 0 Å². The van der Waals surface area contributed by atoms with Crippen LogP contribution >= 0.6 is 11.3 Å². The highest BCUT2D eigenvalue weighted by Gasteiger charge is 2.15. The highest BCUT2D eigenvalue weighted by Crippen LogP contribution is 2.24. The molecule has 0 saturated carbocycles. The lowest BCUT2D eigenvalue weighted by atomic mass is 10.2. The van der Waals surface area contributed by atoms with E-state index in [1.807, 2.05) is 22.9 Å². The Labute approximate surface area is 121 Å². The van der Waals surface area contributed by atoms with E-state index in [0.29, 0.717) is 6.54 Å². The summed E-state index contributed by atoms with van der Waals surface area (Å²) in [6.45, 7) is 2.65. The number of unbranched alkanes of at least 4 members (excludes halogenated alkanes) is 1. The van der Waals surface area contributed by atoms with Gasteiger partial charge < -0.3 is 4.57 Å². The molecule has 0 saturated heterocycles. The van der Waals surface area contributed by atoms with E-state index < -0.39 is 5.91 Å². The van der Waals surface area contributed by atoms with Crippen molar-refractivity contribution >= 4 is 17.2 Å². The van der Waals surface area contributed by atoms with Gasteiger partial charge in [0.25, 0.3) is 11.5 Å². The third-order valence-corrected chi connectivity index (χ3v) is 3.95. The summed E-state index contributed by atoms with van der Waals surface area (Å²) in [6, 6.07) is 7.23. The Balaban J connectivity index is 2.56. The second-order valence-electron chi connectivity index (χ2n) is 4.39. The van der Waals surface area contributed by atoms with Crippen molar-refractivity contribution in [2.45, 2.75) is 26.3 Å². The number of nitrogens with zero attached hydrogens (tertiary/aromatic N) is 1. The number of thiophene rings is 1. The molecule has 0 bridgehead atoms. The molecule has 0 unspecified atom stereocenters. The van der Waals surface area contributed by atoms with Gasteiger partial charge in [0.2, 0.25) is 0 Å². The SMILES string of the molecule is CCCCn1c(-c2cccs2)ccc(C(=O)NN)c1=O. The van der Waals surface area contributed by atoms with Crippen LogP contribution in [-0.2, 0) is 6.54 Å². The van der Waals surface area contributed by atoms with Crippen LogP contribution in [0.1, 0.15) is 30.1 Å². The average molecular weight is 291 g/mol. The monoisotopic (exact) mass is 291 g/mol. The van der Waals surface area contributed by atoms with E-state index >= 15 is 0 Å². The molecule has 2 aromatic rings. The van der Waals surface area contributed by atoms with Crippen molar-refractivity contribution in [2.75, 3.05) is 0 Å².